The lowest BCUT2D eigenvalue weighted by molar-refractivity contribution is 0.410. The quantitative estimate of drug-likeness (QED) is 0.783. The second-order valence-corrected chi connectivity index (χ2v) is 5.82. The average molecular weight is 249 g/mol. The SMILES string of the molecule is CNC(CC1CCCC1)c1ccccc1SC. The minimum Gasteiger partial charge on any atom is -0.313 e. The molecule has 0 heterocycles. The molecule has 2 heteroatoms. The standard InChI is InChI=1S/C15H23NS/c1-16-14(11-12-7-3-4-8-12)13-9-5-6-10-15(13)17-2/h5-6,9-10,12,14,16H,3-4,7-8,11H2,1-2H3. The fraction of sp³-hybridized carbons (Fsp3) is 0.600. The van der Waals surface area contributed by atoms with Gasteiger partial charge in [-0.3, -0.25) is 0 Å². The Morgan fingerprint density at radius 1 is 1.29 bits per heavy atom. The van der Waals surface area contributed by atoms with Crippen LogP contribution in [-0.2, 0) is 0 Å². The van der Waals surface area contributed by atoms with Gasteiger partial charge < -0.3 is 5.32 Å². The zero-order valence-electron chi connectivity index (χ0n) is 10.9. The molecule has 1 atom stereocenters. The van der Waals surface area contributed by atoms with Crippen molar-refractivity contribution in [3.05, 3.63) is 29.8 Å². The van der Waals surface area contributed by atoms with Gasteiger partial charge in [0.25, 0.3) is 0 Å². The van der Waals surface area contributed by atoms with E-state index in [2.05, 4.69) is 42.9 Å². The van der Waals surface area contributed by atoms with Gasteiger partial charge in [0.05, 0.1) is 0 Å². The lowest BCUT2D eigenvalue weighted by Gasteiger charge is -2.22. The zero-order valence-corrected chi connectivity index (χ0v) is 11.7. The van der Waals surface area contributed by atoms with E-state index in [4.69, 9.17) is 0 Å². The van der Waals surface area contributed by atoms with Crippen LogP contribution in [-0.4, -0.2) is 13.3 Å². The molecule has 1 nitrogen and oxygen atoms in total. The Balaban J connectivity index is 2.10. The number of hydrogen-bond acceptors (Lipinski definition) is 2. The van der Waals surface area contributed by atoms with E-state index in [0.717, 1.165) is 5.92 Å². The molecule has 1 saturated carbocycles. The molecule has 1 fully saturated rings. The highest BCUT2D eigenvalue weighted by Gasteiger charge is 2.21. The minimum absolute atomic E-state index is 0.529. The van der Waals surface area contributed by atoms with Gasteiger partial charge in [0, 0.05) is 10.9 Å². The number of benzene rings is 1. The number of thioether (sulfide) groups is 1. The van der Waals surface area contributed by atoms with Crippen LogP contribution in [0.2, 0.25) is 0 Å². The van der Waals surface area contributed by atoms with Crippen LogP contribution in [0.25, 0.3) is 0 Å². The Morgan fingerprint density at radius 3 is 2.65 bits per heavy atom. The molecule has 1 aliphatic carbocycles. The second kappa shape index (κ2) is 6.46. The van der Waals surface area contributed by atoms with Gasteiger partial charge in [-0.15, -0.1) is 11.8 Å². The van der Waals surface area contributed by atoms with Crippen LogP contribution in [0.3, 0.4) is 0 Å². The summed E-state index contributed by atoms with van der Waals surface area (Å²) < 4.78 is 0. The third kappa shape index (κ3) is 3.26. The molecule has 1 aliphatic rings. The molecule has 1 aromatic carbocycles. The van der Waals surface area contributed by atoms with Gasteiger partial charge in [-0.1, -0.05) is 43.9 Å². The molecule has 0 aliphatic heterocycles. The van der Waals surface area contributed by atoms with Crippen LogP contribution in [0.4, 0.5) is 0 Å². The van der Waals surface area contributed by atoms with Crippen molar-refractivity contribution in [1.82, 2.24) is 5.32 Å². The minimum atomic E-state index is 0.529. The van der Waals surface area contributed by atoms with Crippen molar-refractivity contribution in [3.8, 4) is 0 Å². The van der Waals surface area contributed by atoms with E-state index in [1.807, 2.05) is 11.8 Å². The summed E-state index contributed by atoms with van der Waals surface area (Å²) >= 11 is 1.86. The van der Waals surface area contributed by atoms with Crippen molar-refractivity contribution in [3.63, 3.8) is 0 Å². The Labute approximate surface area is 109 Å². The van der Waals surface area contributed by atoms with Crippen molar-refractivity contribution >= 4 is 11.8 Å². The number of hydrogen-bond donors (Lipinski definition) is 1. The highest BCUT2D eigenvalue weighted by atomic mass is 32.2. The maximum atomic E-state index is 3.51. The molecule has 0 aromatic heterocycles. The van der Waals surface area contributed by atoms with Crippen molar-refractivity contribution < 1.29 is 0 Å². The van der Waals surface area contributed by atoms with Crippen LogP contribution in [0.5, 0.6) is 0 Å². The largest absolute Gasteiger partial charge is 0.313 e. The summed E-state index contributed by atoms with van der Waals surface area (Å²) in [5, 5.41) is 3.51. The van der Waals surface area contributed by atoms with Gasteiger partial charge in [0.15, 0.2) is 0 Å². The Morgan fingerprint density at radius 2 is 2.00 bits per heavy atom. The van der Waals surface area contributed by atoms with Gasteiger partial charge in [-0.25, -0.2) is 0 Å². The molecule has 1 N–H and O–H groups in total. The monoisotopic (exact) mass is 249 g/mol. The van der Waals surface area contributed by atoms with Crippen LogP contribution in [0.1, 0.15) is 43.7 Å². The summed E-state index contributed by atoms with van der Waals surface area (Å²) in [4.78, 5) is 1.42. The Hall–Kier alpha value is -0.470. The van der Waals surface area contributed by atoms with Crippen molar-refractivity contribution in [2.24, 2.45) is 5.92 Å². The topological polar surface area (TPSA) is 12.0 Å². The van der Waals surface area contributed by atoms with E-state index in [1.165, 1.54) is 42.6 Å². The zero-order chi connectivity index (χ0) is 12.1. The molecule has 17 heavy (non-hydrogen) atoms. The first-order valence-corrected chi connectivity index (χ1v) is 7.87. The molecule has 0 amide bonds. The molecule has 1 aromatic rings. The average Bonchev–Trinajstić information content (AvgIpc) is 2.89. The van der Waals surface area contributed by atoms with Gasteiger partial charge in [0.1, 0.15) is 0 Å². The van der Waals surface area contributed by atoms with Crippen LogP contribution in [0.15, 0.2) is 29.2 Å². The van der Waals surface area contributed by atoms with Crippen molar-refractivity contribution in [2.75, 3.05) is 13.3 Å². The van der Waals surface area contributed by atoms with E-state index in [1.54, 1.807) is 0 Å². The van der Waals surface area contributed by atoms with Crippen LogP contribution in [0, 0.1) is 5.92 Å². The van der Waals surface area contributed by atoms with E-state index >= 15 is 0 Å². The molecule has 0 bridgehead atoms. The first-order chi connectivity index (χ1) is 8.35. The third-order valence-corrected chi connectivity index (χ3v) is 4.72. The number of nitrogens with one attached hydrogen (secondary N) is 1. The summed E-state index contributed by atoms with van der Waals surface area (Å²) in [6.07, 6.45) is 9.20. The lowest BCUT2D eigenvalue weighted by Crippen LogP contribution is -2.19. The summed E-state index contributed by atoms with van der Waals surface area (Å²) in [5.74, 6) is 0.933. The summed E-state index contributed by atoms with van der Waals surface area (Å²) in [6.45, 7) is 0. The summed E-state index contributed by atoms with van der Waals surface area (Å²) in [5.41, 5.74) is 1.48. The molecule has 0 spiro atoms. The summed E-state index contributed by atoms with van der Waals surface area (Å²) in [6, 6.07) is 9.34. The van der Waals surface area contributed by atoms with E-state index in [-0.39, 0.29) is 0 Å². The maximum absolute atomic E-state index is 3.51. The van der Waals surface area contributed by atoms with Gasteiger partial charge >= 0.3 is 0 Å². The maximum Gasteiger partial charge on any atom is 0.0331 e. The van der Waals surface area contributed by atoms with Crippen molar-refractivity contribution in [1.29, 1.82) is 0 Å². The number of rotatable bonds is 5. The highest BCUT2D eigenvalue weighted by Crippen LogP contribution is 2.35. The first kappa shape index (κ1) is 13.0. The second-order valence-electron chi connectivity index (χ2n) is 4.97. The van der Waals surface area contributed by atoms with Crippen LogP contribution >= 0.6 is 11.8 Å². The van der Waals surface area contributed by atoms with Gasteiger partial charge in [0.2, 0.25) is 0 Å². The van der Waals surface area contributed by atoms with Crippen molar-refractivity contribution in [2.45, 2.75) is 43.0 Å². The normalized spacial score (nSPS) is 18.5. The fourth-order valence-electron chi connectivity index (χ4n) is 2.93. The fourth-order valence-corrected chi connectivity index (χ4v) is 3.59. The van der Waals surface area contributed by atoms with Gasteiger partial charge in [-0.2, -0.15) is 0 Å². The van der Waals surface area contributed by atoms with E-state index in [9.17, 15) is 0 Å². The Kier molecular flexibility index (Phi) is 4.93. The van der Waals surface area contributed by atoms with E-state index in [0.29, 0.717) is 6.04 Å². The molecule has 94 valence electrons. The molecule has 1 unspecified atom stereocenters. The summed E-state index contributed by atoms with van der Waals surface area (Å²) in [7, 11) is 2.09. The first-order valence-electron chi connectivity index (χ1n) is 6.65. The van der Waals surface area contributed by atoms with E-state index < -0.39 is 0 Å². The predicted octanol–water partition coefficient (Wildman–Crippen LogP) is 4.25. The molecule has 0 saturated heterocycles. The third-order valence-electron chi connectivity index (χ3n) is 3.91. The smallest absolute Gasteiger partial charge is 0.0331 e. The molecular weight excluding hydrogens is 226 g/mol. The predicted molar refractivity (Wildman–Crippen MR) is 76.6 cm³/mol. The molecule has 0 radical (unpaired) electrons. The Bertz CT molecular complexity index is 345. The van der Waals surface area contributed by atoms with Crippen LogP contribution < -0.4 is 5.32 Å². The molecule has 2 rings (SSSR count). The van der Waals surface area contributed by atoms with Gasteiger partial charge in [-0.05, 0) is 37.3 Å². The molecular formula is C15H23NS. The highest BCUT2D eigenvalue weighted by molar-refractivity contribution is 7.98. The lowest BCUT2D eigenvalue weighted by atomic mass is 9.93.